The molecule has 0 unspecified atom stereocenters. The lowest BCUT2D eigenvalue weighted by Gasteiger charge is -2.35. The summed E-state index contributed by atoms with van der Waals surface area (Å²) < 4.78 is 5.76. The molecule has 8 heteroatoms. The summed E-state index contributed by atoms with van der Waals surface area (Å²) in [4.78, 5) is 27.4. The SMILES string of the molecule is O=C(CN1CCN(c2ccccc2[N+](=O)[O-])CC1)Nc1ccc(Oc2ccccc2)cc1. The standard InChI is InChI=1S/C24H24N4O4/c29-24(25-19-10-12-21(13-11-19)32-20-6-2-1-3-7-20)18-26-14-16-27(17-15-26)22-8-4-5-9-23(22)28(30)31/h1-13H,14-18H2,(H,25,29). The van der Waals surface area contributed by atoms with Crippen molar-refractivity contribution in [2.24, 2.45) is 0 Å². The van der Waals surface area contributed by atoms with Gasteiger partial charge in [-0.3, -0.25) is 19.8 Å². The van der Waals surface area contributed by atoms with Gasteiger partial charge in [-0.25, -0.2) is 0 Å². The number of hydrogen-bond acceptors (Lipinski definition) is 6. The first kappa shape index (κ1) is 21.3. The van der Waals surface area contributed by atoms with Crippen LogP contribution in [0.3, 0.4) is 0 Å². The summed E-state index contributed by atoms with van der Waals surface area (Å²) in [6.07, 6.45) is 0. The van der Waals surface area contributed by atoms with Crippen molar-refractivity contribution in [2.75, 3.05) is 42.9 Å². The first-order valence-electron chi connectivity index (χ1n) is 10.4. The molecule has 0 saturated carbocycles. The second kappa shape index (κ2) is 9.93. The molecule has 8 nitrogen and oxygen atoms in total. The van der Waals surface area contributed by atoms with Crippen molar-refractivity contribution in [3.05, 3.63) is 89.0 Å². The maximum atomic E-state index is 12.5. The second-order valence-electron chi connectivity index (χ2n) is 7.50. The van der Waals surface area contributed by atoms with Gasteiger partial charge in [-0.1, -0.05) is 30.3 Å². The van der Waals surface area contributed by atoms with Crippen LogP contribution in [0.4, 0.5) is 17.1 Å². The third-order valence-corrected chi connectivity index (χ3v) is 5.28. The number of piperazine rings is 1. The number of amides is 1. The Morgan fingerprint density at radius 2 is 1.50 bits per heavy atom. The van der Waals surface area contributed by atoms with E-state index >= 15 is 0 Å². The number of nitrogens with one attached hydrogen (secondary N) is 1. The third kappa shape index (κ3) is 5.41. The van der Waals surface area contributed by atoms with Crippen LogP contribution in [0.15, 0.2) is 78.9 Å². The number of para-hydroxylation sites is 3. The molecule has 1 amide bonds. The lowest BCUT2D eigenvalue weighted by molar-refractivity contribution is -0.384. The molecular weight excluding hydrogens is 408 g/mol. The minimum Gasteiger partial charge on any atom is -0.457 e. The minimum atomic E-state index is -0.356. The zero-order valence-corrected chi connectivity index (χ0v) is 17.5. The van der Waals surface area contributed by atoms with E-state index in [1.807, 2.05) is 64.4 Å². The Morgan fingerprint density at radius 1 is 0.875 bits per heavy atom. The number of nitro benzene ring substituents is 1. The lowest BCUT2D eigenvalue weighted by atomic mass is 10.2. The summed E-state index contributed by atoms with van der Waals surface area (Å²) in [7, 11) is 0. The molecule has 0 atom stereocenters. The van der Waals surface area contributed by atoms with Crippen LogP contribution in [0, 0.1) is 10.1 Å². The Hall–Kier alpha value is -3.91. The lowest BCUT2D eigenvalue weighted by Crippen LogP contribution is -2.48. The van der Waals surface area contributed by atoms with Gasteiger partial charge in [0.1, 0.15) is 17.2 Å². The summed E-state index contributed by atoms with van der Waals surface area (Å²) in [6, 6.07) is 23.5. The van der Waals surface area contributed by atoms with Crippen LogP contribution in [-0.2, 0) is 4.79 Å². The number of carbonyl (C=O) groups is 1. The molecule has 4 rings (SSSR count). The molecule has 0 aromatic heterocycles. The monoisotopic (exact) mass is 432 g/mol. The van der Waals surface area contributed by atoms with Crippen LogP contribution in [0.5, 0.6) is 11.5 Å². The van der Waals surface area contributed by atoms with Crippen molar-refractivity contribution in [2.45, 2.75) is 0 Å². The van der Waals surface area contributed by atoms with Crippen LogP contribution in [0.25, 0.3) is 0 Å². The maximum Gasteiger partial charge on any atom is 0.292 e. The van der Waals surface area contributed by atoms with Crippen molar-refractivity contribution >= 4 is 23.0 Å². The summed E-state index contributed by atoms with van der Waals surface area (Å²) in [5.74, 6) is 1.35. The number of hydrogen-bond donors (Lipinski definition) is 1. The largest absolute Gasteiger partial charge is 0.457 e. The quantitative estimate of drug-likeness (QED) is 0.446. The van der Waals surface area contributed by atoms with Crippen LogP contribution in [-0.4, -0.2) is 48.5 Å². The fourth-order valence-electron chi connectivity index (χ4n) is 3.67. The first-order valence-corrected chi connectivity index (χ1v) is 10.4. The van der Waals surface area contributed by atoms with Gasteiger partial charge >= 0.3 is 0 Å². The zero-order chi connectivity index (χ0) is 22.3. The van der Waals surface area contributed by atoms with Gasteiger partial charge in [-0.15, -0.1) is 0 Å². The molecule has 3 aromatic rings. The summed E-state index contributed by atoms with van der Waals surface area (Å²) in [5, 5.41) is 14.2. The average molecular weight is 432 g/mol. The number of benzene rings is 3. The highest BCUT2D eigenvalue weighted by Gasteiger charge is 2.24. The summed E-state index contributed by atoms with van der Waals surface area (Å²) >= 11 is 0. The van der Waals surface area contributed by atoms with Gasteiger partial charge in [0.25, 0.3) is 5.69 Å². The Kier molecular flexibility index (Phi) is 6.62. The molecule has 1 fully saturated rings. The average Bonchev–Trinajstić information content (AvgIpc) is 2.81. The van der Waals surface area contributed by atoms with E-state index in [1.165, 1.54) is 6.07 Å². The highest BCUT2D eigenvalue weighted by molar-refractivity contribution is 5.92. The van der Waals surface area contributed by atoms with E-state index in [0.717, 1.165) is 5.75 Å². The Morgan fingerprint density at radius 3 is 2.19 bits per heavy atom. The minimum absolute atomic E-state index is 0.0964. The van der Waals surface area contributed by atoms with Crippen molar-refractivity contribution in [3.8, 4) is 11.5 Å². The van der Waals surface area contributed by atoms with E-state index in [-0.39, 0.29) is 23.1 Å². The first-order chi connectivity index (χ1) is 15.6. The Bertz CT molecular complexity index is 1060. The molecule has 0 aliphatic carbocycles. The Labute approximate surface area is 186 Å². The summed E-state index contributed by atoms with van der Waals surface area (Å²) in [5.41, 5.74) is 1.44. The molecule has 1 aliphatic heterocycles. The number of anilines is 2. The zero-order valence-electron chi connectivity index (χ0n) is 17.5. The molecule has 1 N–H and O–H groups in total. The topological polar surface area (TPSA) is 88.0 Å². The highest BCUT2D eigenvalue weighted by Crippen LogP contribution is 2.28. The molecule has 0 bridgehead atoms. The van der Waals surface area contributed by atoms with E-state index in [0.29, 0.717) is 43.3 Å². The molecule has 0 spiro atoms. The number of rotatable bonds is 7. The fourth-order valence-corrected chi connectivity index (χ4v) is 3.67. The number of nitrogens with zero attached hydrogens (tertiary/aromatic N) is 3. The van der Waals surface area contributed by atoms with Crippen LogP contribution in [0.1, 0.15) is 0 Å². The van der Waals surface area contributed by atoms with Gasteiger partial charge in [0.15, 0.2) is 0 Å². The maximum absolute atomic E-state index is 12.5. The van der Waals surface area contributed by atoms with Crippen molar-refractivity contribution in [3.63, 3.8) is 0 Å². The third-order valence-electron chi connectivity index (χ3n) is 5.28. The molecule has 3 aromatic carbocycles. The van der Waals surface area contributed by atoms with Gasteiger partial charge in [0.2, 0.25) is 5.91 Å². The van der Waals surface area contributed by atoms with E-state index in [2.05, 4.69) is 5.32 Å². The fraction of sp³-hybridized carbons (Fsp3) is 0.208. The van der Waals surface area contributed by atoms with Crippen molar-refractivity contribution < 1.29 is 14.5 Å². The van der Waals surface area contributed by atoms with E-state index in [9.17, 15) is 14.9 Å². The number of ether oxygens (including phenoxy) is 1. The predicted molar refractivity (Wildman–Crippen MR) is 123 cm³/mol. The molecule has 0 radical (unpaired) electrons. The number of carbonyl (C=O) groups excluding carboxylic acids is 1. The molecule has 1 aliphatic rings. The second-order valence-corrected chi connectivity index (χ2v) is 7.50. The van der Waals surface area contributed by atoms with Gasteiger partial charge in [-0.05, 0) is 42.5 Å². The van der Waals surface area contributed by atoms with Gasteiger partial charge < -0.3 is 15.0 Å². The van der Waals surface area contributed by atoms with Crippen molar-refractivity contribution in [1.29, 1.82) is 0 Å². The number of nitro groups is 1. The molecule has 164 valence electrons. The van der Waals surface area contributed by atoms with Crippen LogP contribution in [0.2, 0.25) is 0 Å². The molecular formula is C24H24N4O4. The molecule has 1 heterocycles. The van der Waals surface area contributed by atoms with E-state index in [1.54, 1.807) is 18.2 Å². The van der Waals surface area contributed by atoms with Crippen LogP contribution >= 0.6 is 0 Å². The molecule has 32 heavy (non-hydrogen) atoms. The highest BCUT2D eigenvalue weighted by atomic mass is 16.6. The Balaban J connectivity index is 1.26. The summed E-state index contributed by atoms with van der Waals surface area (Å²) in [6.45, 7) is 2.84. The van der Waals surface area contributed by atoms with E-state index in [4.69, 9.17) is 4.74 Å². The normalized spacial score (nSPS) is 14.1. The van der Waals surface area contributed by atoms with Crippen molar-refractivity contribution in [1.82, 2.24) is 4.90 Å². The smallest absolute Gasteiger partial charge is 0.292 e. The predicted octanol–water partition coefficient (Wildman–Crippen LogP) is 4.15. The van der Waals surface area contributed by atoms with Gasteiger partial charge in [-0.2, -0.15) is 0 Å². The van der Waals surface area contributed by atoms with Gasteiger partial charge in [0.05, 0.1) is 11.5 Å². The van der Waals surface area contributed by atoms with Crippen LogP contribution < -0.4 is 15.0 Å². The molecule has 1 saturated heterocycles. The van der Waals surface area contributed by atoms with Gasteiger partial charge in [0, 0.05) is 37.9 Å². The van der Waals surface area contributed by atoms with E-state index < -0.39 is 0 Å².